The minimum absolute atomic E-state index is 0.108. The van der Waals surface area contributed by atoms with Crippen molar-refractivity contribution < 1.29 is 9.90 Å². The molecule has 0 spiro atoms. The number of pyridine rings is 1. The largest absolute Gasteiger partial charge is 0.480 e. The molecule has 150 valence electrons. The first-order chi connectivity index (χ1) is 14.6. The first kappa shape index (κ1) is 19.5. The number of hydrogen-bond acceptors (Lipinski definition) is 5. The predicted molar refractivity (Wildman–Crippen MR) is 118 cm³/mol. The zero-order valence-corrected chi connectivity index (χ0v) is 16.7. The summed E-state index contributed by atoms with van der Waals surface area (Å²) < 4.78 is 0. The Balaban J connectivity index is 1.75. The third kappa shape index (κ3) is 4.43. The van der Waals surface area contributed by atoms with Crippen molar-refractivity contribution in [3.63, 3.8) is 0 Å². The lowest BCUT2D eigenvalue weighted by Gasteiger charge is -2.18. The highest BCUT2D eigenvalue weighted by atomic mass is 16.4. The first-order valence-electron chi connectivity index (χ1n) is 9.77. The Hall–Kier alpha value is -3.80. The molecule has 2 aromatic carbocycles. The molecule has 4 rings (SSSR count). The van der Waals surface area contributed by atoms with E-state index in [1.807, 2.05) is 30.3 Å². The molecule has 0 fully saturated rings. The number of carboxylic acids is 1. The topological polar surface area (TPSA) is 79.2 Å². The summed E-state index contributed by atoms with van der Waals surface area (Å²) in [4.78, 5) is 26.0. The highest BCUT2D eigenvalue weighted by molar-refractivity contribution is 5.96. The van der Waals surface area contributed by atoms with Crippen LogP contribution in [-0.2, 0) is 17.6 Å². The fraction of sp³-hybridized carbons (Fsp3) is 0.167. The number of likely N-dealkylation sites (N-methyl/N-ethyl adjacent to an activating group) is 1. The van der Waals surface area contributed by atoms with Crippen molar-refractivity contribution >= 4 is 22.7 Å². The molecule has 1 N–H and O–H groups in total. The van der Waals surface area contributed by atoms with Crippen molar-refractivity contribution in [2.75, 3.05) is 18.5 Å². The van der Waals surface area contributed by atoms with E-state index in [4.69, 9.17) is 10.1 Å². The molecule has 4 aromatic rings. The monoisotopic (exact) mass is 398 g/mol. The molecule has 0 saturated heterocycles. The molecular formula is C24H22N4O2. The van der Waals surface area contributed by atoms with Gasteiger partial charge in [-0.25, -0.2) is 4.98 Å². The van der Waals surface area contributed by atoms with E-state index in [0.29, 0.717) is 5.82 Å². The number of benzene rings is 2. The molecule has 0 unspecified atom stereocenters. The summed E-state index contributed by atoms with van der Waals surface area (Å²) in [6, 6.07) is 18.3. The molecule has 0 aliphatic rings. The lowest BCUT2D eigenvalue weighted by atomic mass is 9.98. The maximum atomic E-state index is 11.2. The average Bonchev–Trinajstić information content (AvgIpc) is 2.77. The molecule has 0 aliphatic heterocycles. The molecule has 6 heteroatoms. The van der Waals surface area contributed by atoms with Crippen LogP contribution < -0.4 is 4.90 Å². The summed E-state index contributed by atoms with van der Waals surface area (Å²) in [5, 5.41) is 10.2. The van der Waals surface area contributed by atoms with E-state index >= 15 is 0 Å². The van der Waals surface area contributed by atoms with Crippen LogP contribution in [0.3, 0.4) is 0 Å². The lowest BCUT2D eigenvalue weighted by Crippen LogP contribution is -2.26. The Morgan fingerprint density at radius 2 is 1.87 bits per heavy atom. The van der Waals surface area contributed by atoms with Gasteiger partial charge in [0.25, 0.3) is 0 Å². The minimum Gasteiger partial charge on any atom is -0.480 e. The van der Waals surface area contributed by atoms with Crippen molar-refractivity contribution in [3.05, 3.63) is 84.4 Å². The van der Waals surface area contributed by atoms with Gasteiger partial charge in [-0.05, 0) is 47.7 Å². The number of aryl methyl sites for hydroxylation is 2. The van der Waals surface area contributed by atoms with Crippen molar-refractivity contribution in [1.29, 1.82) is 0 Å². The second kappa shape index (κ2) is 8.69. The number of nitrogens with zero attached hydrogens (tertiary/aromatic N) is 4. The van der Waals surface area contributed by atoms with Crippen LogP contribution in [0.15, 0.2) is 73.2 Å². The van der Waals surface area contributed by atoms with E-state index in [0.717, 1.165) is 40.6 Å². The molecule has 0 aliphatic carbocycles. The van der Waals surface area contributed by atoms with Gasteiger partial charge in [0.2, 0.25) is 0 Å². The molecule has 6 nitrogen and oxygen atoms in total. The standard InChI is InChI=1S/C24H22N4O2/c1-28(16-24(29)30)23-14-20(18-5-3-2-4-6-18)21-13-17(8-10-22(21)27-23)7-9-19-15-25-11-12-26-19/h2-6,8,10-15H,7,9,16H2,1H3,(H,29,30). The molecule has 0 atom stereocenters. The van der Waals surface area contributed by atoms with Gasteiger partial charge < -0.3 is 10.0 Å². The Morgan fingerprint density at radius 1 is 1.03 bits per heavy atom. The minimum atomic E-state index is -0.889. The second-order valence-corrected chi connectivity index (χ2v) is 7.19. The number of aromatic nitrogens is 3. The lowest BCUT2D eigenvalue weighted by molar-refractivity contribution is -0.135. The van der Waals surface area contributed by atoms with E-state index in [2.05, 4.69) is 34.2 Å². The van der Waals surface area contributed by atoms with Gasteiger partial charge in [-0.3, -0.25) is 14.8 Å². The van der Waals surface area contributed by atoms with E-state index in [9.17, 15) is 4.79 Å². The normalized spacial score (nSPS) is 10.8. The first-order valence-corrected chi connectivity index (χ1v) is 9.77. The highest BCUT2D eigenvalue weighted by Gasteiger charge is 2.13. The van der Waals surface area contributed by atoms with Crippen molar-refractivity contribution in [2.24, 2.45) is 0 Å². The summed E-state index contributed by atoms with van der Waals surface area (Å²) in [5.41, 5.74) is 5.10. The van der Waals surface area contributed by atoms with Crippen molar-refractivity contribution in [2.45, 2.75) is 12.8 Å². The van der Waals surface area contributed by atoms with Crippen LogP contribution in [0.4, 0.5) is 5.82 Å². The smallest absolute Gasteiger partial charge is 0.323 e. The summed E-state index contributed by atoms with van der Waals surface area (Å²) in [6.07, 6.45) is 6.84. The SMILES string of the molecule is CN(CC(=O)O)c1cc(-c2ccccc2)c2cc(CCc3cnccn3)ccc2n1. The van der Waals surface area contributed by atoms with Gasteiger partial charge in [0.05, 0.1) is 11.2 Å². The number of hydrogen-bond donors (Lipinski definition) is 1. The summed E-state index contributed by atoms with van der Waals surface area (Å²) in [6.45, 7) is -0.108. The van der Waals surface area contributed by atoms with Crippen LogP contribution in [-0.4, -0.2) is 39.6 Å². The Bertz CT molecular complexity index is 1160. The van der Waals surface area contributed by atoms with Gasteiger partial charge in [-0.1, -0.05) is 36.4 Å². The maximum Gasteiger partial charge on any atom is 0.323 e. The number of fused-ring (bicyclic) bond motifs is 1. The van der Waals surface area contributed by atoms with E-state index in [1.165, 1.54) is 5.56 Å². The van der Waals surface area contributed by atoms with Crippen molar-refractivity contribution in [1.82, 2.24) is 15.0 Å². The summed E-state index contributed by atoms with van der Waals surface area (Å²) in [7, 11) is 1.74. The van der Waals surface area contributed by atoms with E-state index in [-0.39, 0.29) is 6.54 Å². The number of anilines is 1. The molecular weight excluding hydrogens is 376 g/mol. The second-order valence-electron chi connectivity index (χ2n) is 7.19. The summed E-state index contributed by atoms with van der Waals surface area (Å²) in [5.74, 6) is -0.254. The third-order valence-electron chi connectivity index (χ3n) is 4.99. The van der Waals surface area contributed by atoms with Crippen LogP contribution in [0.2, 0.25) is 0 Å². The van der Waals surface area contributed by atoms with E-state index in [1.54, 1.807) is 30.5 Å². The average molecular weight is 398 g/mol. The Morgan fingerprint density at radius 3 is 2.60 bits per heavy atom. The quantitative estimate of drug-likeness (QED) is 0.507. The number of aliphatic carboxylic acids is 1. The molecule has 0 radical (unpaired) electrons. The van der Waals surface area contributed by atoms with E-state index < -0.39 is 5.97 Å². The van der Waals surface area contributed by atoms with Gasteiger partial charge >= 0.3 is 5.97 Å². The van der Waals surface area contributed by atoms with Crippen LogP contribution in [0.5, 0.6) is 0 Å². The van der Waals surface area contributed by atoms with Crippen LogP contribution in [0, 0.1) is 0 Å². The third-order valence-corrected chi connectivity index (χ3v) is 4.99. The number of rotatable bonds is 7. The number of carboxylic acid groups (broad SMARTS) is 1. The van der Waals surface area contributed by atoms with Gasteiger partial charge in [0.15, 0.2) is 0 Å². The molecule has 30 heavy (non-hydrogen) atoms. The fourth-order valence-electron chi connectivity index (χ4n) is 3.48. The predicted octanol–water partition coefficient (Wildman–Crippen LogP) is 4.00. The van der Waals surface area contributed by atoms with Gasteiger partial charge in [-0.15, -0.1) is 0 Å². The molecule has 0 bridgehead atoms. The fourth-order valence-corrected chi connectivity index (χ4v) is 3.48. The Labute approximate surface area is 174 Å². The molecule has 2 aromatic heterocycles. The zero-order valence-electron chi connectivity index (χ0n) is 16.7. The van der Waals surface area contributed by atoms with Crippen LogP contribution in [0.25, 0.3) is 22.0 Å². The van der Waals surface area contributed by atoms with Gasteiger partial charge in [-0.2, -0.15) is 0 Å². The number of carbonyl (C=O) groups is 1. The molecule has 2 heterocycles. The molecule has 0 saturated carbocycles. The van der Waals surface area contributed by atoms with Crippen LogP contribution >= 0.6 is 0 Å². The molecule has 0 amide bonds. The summed E-state index contributed by atoms with van der Waals surface area (Å²) >= 11 is 0. The van der Waals surface area contributed by atoms with Crippen molar-refractivity contribution in [3.8, 4) is 11.1 Å². The highest BCUT2D eigenvalue weighted by Crippen LogP contribution is 2.32. The van der Waals surface area contributed by atoms with Gasteiger partial charge in [0.1, 0.15) is 12.4 Å². The zero-order chi connectivity index (χ0) is 20.9. The Kier molecular flexibility index (Phi) is 5.66. The van der Waals surface area contributed by atoms with Gasteiger partial charge in [0, 0.05) is 31.0 Å². The maximum absolute atomic E-state index is 11.2. The van der Waals surface area contributed by atoms with Crippen LogP contribution in [0.1, 0.15) is 11.3 Å².